The molecule has 1 saturated carbocycles. The van der Waals surface area contributed by atoms with Gasteiger partial charge in [0.2, 0.25) is 5.91 Å². The summed E-state index contributed by atoms with van der Waals surface area (Å²) < 4.78 is 0. The summed E-state index contributed by atoms with van der Waals surface area (Å²) >= 11 is 0. The number of nitrogens with zero attached hydrogens (tertiary/aromatic N) is 1. The Morgan fingerprint density at radius 1 is 1.25 bits per heavy atom. The number of fused-ring (bicyclic) bond motifs is 1. The molecule has 106 valence electrons. The third-order valence-electron chi connectivity index (χ3n) is 4.23. The van der Waals surface area contributed by atoms with Gasteiger partial charge in [0.25, 0.3) is 0 Å². The molecule has 20 heavy (non-hydrogen) atoms. The van der Waals surface area contributed by atoms with Crippen LogP contribution in [0.3, 0.4) is 0 Å². The first kappa shape index (κ1) is 13.2. The predicted molar refractivity (Wildman–Crippen MR) is 80.5 cm³/mol. The molecule has 1 heterocycles. The van der Waals surface area contributed by atoms with Crippen LogP contribution in [0.1, 0.15) is 44.9 Å². The molecule has 0 saturated heterocycles. The van der Waals surface area contributed by atoms with E-state index in [-0.39, 0.29) is 5.91 Å². The van der Waals surface area contributed by atoms with Crippen molar-refractivity contribution in [3.63, 3.8) is 0 Å². The highest BCUT2D eigenvalue weighted by atomic mass is 16.1. The second-order valence-corrected chi connectivity index (χ2v) is 5.71. The number of nitrogens with one attached hydrogen (secondary N) is 2. The van der Waals surface area contributed by atoms with E-state index in [0.29, 0.717) is 12.2 Å². The van der Waals surface area contributed by atoms with Gasteiger partial charge in [0, 0.05) is 11.8 Å². The molecule has 0 bridgehead atoms. The van der Waals surface area contributed by atoms with E-state index in [2.05, 4.69) is 15.5 Å². The zero-order chi connectivity index (χ0) is 13.8. The maximum absolute atomic E-state index is 12.0. The van der Waals surface area contributed by atoms with Crippen LogP contribution in [0.15, 0.2) is 24.3 Å². The van der Waals surface area contributed by atoms with Gasteiger partial charge < -0.3 is 5.32 Å². The van der Waals surface area contributed by atoms with Crippen LogP contribution in [0.25, 0.3) is 10.9 Å². The highest BCUT2D eigenvalue weighted by molar-refractivity contribution is 5.99. The Kier molecular flexibility index (Phi) is 4.00. The number of rotatable bonds is 4. The van der Waals surface area contributed by atoms with Crippen LogP contribution in [0.5, 0.6) is 0 Å². The third-order valence-corrected chi connectivity index (χ3v) is 4.23. The van der Waals surface area contributed by atoms with Crippen molar-refractivity contribution in [3.8, 4) is 0 Å². The van der Waals surface area contributed by atoms with Crippen molar-refractivity contribution in [3.05, 3.63) is 24.3 Å². The molecule has 2 N–H and O–H groups in total. The maximum Gasteiger partial charge on any atom is 0.225 e. The Hall–Kier alpha value is -1.84. The summed E-state index contributed by atoms with van der Waals surface area (Å²) in [5, 5.41) is 11.0. The van der Waals surface area contributed by atoms with Crippen molar-refractivity contribution in [1.29, 1.82) is 0 Å². The van der Waals surface area contributed by atoms with E-state index in [1.54, 1.807) is 0 Å². The number of para-hydroxylation sites is 1. The van der Waals surface area contributed by atoms with Crippen LogP contribution in [0.4, 0.5) is 5.82 Å². The summed E-state index contributed by atoms with van der Waals surface area (Å²) in [6.07, 6.45) is 8.21. The van der Waals surface area contributed by atoms with Crippen LogP contribution in [0.2, 0.25) is 0 Å². The Morgan fingerprint density at radius 2 is 2.05 bits per heavy atom. The van der Waals surface area contributed by atoms with Crippen LogP contribution in [-0.2, 0) is 4.79 Å². The van der Waals surface area contributed by atoms with Crippen molar-refractivity contribution in [2.75, 3.05) is 5.32 Å². The molecule has 1 amide bonds. The van der Waals surface area contributed by atoms with Crippen LogP contribution < -0.4 is 5.32 Å². The number of amides is 1. The molecular formula is C16H21N3O. The molecule has 0 atom stereocenters. The zero-order valence-electron chi connectivity index (χ0n) is 11.7. The number of aromatic nitrogens is 2. The summed E-state index contributed by atoms with van der Waals surface area (Å²) in [6, 6.07) is 7.83. The number of H-pyrrole nitrogens is 1. The summed E-state index contributed by atoms with van der Waals surface area (Å²) in [5.74, 6) is 1.47. The summed E-state index contributed by atoms with van der Waals surface area (Å²) in [6.45, 7) is 0. The van der Waals surface area contributed by atoms with E-state index >= 15 is 0 Å². The average Bonchev–Trinajstić information content (AvgIpc) is 2.90. The van der Waals surface area contributed by atoms with Gasteiger partial charge in [0.15, 0.2) is 5.82 Å². The fourth-order valence-electron chi connectivity index (χ4n) is 3.06. The topological polar surface area (TPSA) is 57.8 Å². The Balaban J connectivity index is 1.55. The van der Waals surface area contributed by atoms with Gasteiger partial charge in [-0.05, 0) is 24.5 Å². The molecule has 0 unspecified atom stereocenters. The number of carbonyl (C=O) groups is 1. The number of hydrogen-bond acceptors (Lipinski definition) is 2. The van der Waals surface area contributed by atoms with Gasteiger partial charge in [-0.1, -0.05) is 44.2 Å². The average molecular weight is 271 g/mol. The minimum Gasteiger partial charge on any atom is -0.309 e. The van der Waals surface area contributed by atoms with Crippen molar-refractivity contribution in [2.24, 2.45) is 5.92 Å². The van der Waals surface area contributed by atoms with Crippen molar-refractivity contribution in [1.82, 2.24) is 10.2 Å². The first-order chi connectivity index (χ1) is 9.83. The summed E-state index contributed by atoms with van der Waals surface area (Å²) in [7, 11) is 0. The molecule has 4 nitrogen and oxygen atoms in total. The van der Waals surface area contributed by atoms with Gasteiger partial charge in [0.05, 0.1) is 5.52 Å². The molecule has 4 heteroatoms. The molecule has 1 fully saturated rings. The number of benzene rings is 1. The van der Waals surface area contributed by atoms with Gasteiger partial charge in [-0.3, -0.25) is 9.89 Å². The van der Waals surface area contributed by atoms with E-state index in [4.69, 9.17) is 0 Å². The van der Waals surface area contributed by atoms with E-state index in [0.717, 1.165) is 23.2 Å². The molecular weight excluding hydrogens is 250 g/mol. The van der Waals surface area contributed by atoms with E-state index in [1.807, 2.05) is 24.3 Å². The Morgan fingerprint density at radius 3 is 2.90 bits per heavy atom. The lowest BCUT2D eigenvalue weighted by Crippen LogP contribution is -2.15. The Labute approximate surface area is 119 Å². The molecule has 1 aliphatic carbocycles. The monoisotopic (exact) mass is 271 g/mol. The summed E-state index contributed by atoms with van der Waals surface area (Å²) in [5.41, 5.74) is 0.954. The normalized spacial score (nSPS) is 16.4. The Bertz CT molecular complexity index is 584. The molecule has 2 aromatic rings. The molecule has 1 aromatic heterocycles. The highest BCUT2D eigenvalue weighted by Crippen LogP contribution is 2.27. The first-order valence-electron chi connectivity index (χ1n) is 7.56. The second-order valence-electron chi connectivity index (χ2n) is 5.71. The van der Waals surface area contributed by atoms with Gasteiger partial charge >= 0.3 is 0 Å². The number of hydrogen-bond donors (Lipinski definition) is 2. The number of carbonyl (C=O) groups excluding carboxylic acids is 1. The lowest BCUT2D eigenvalue weighted by Gasteiger charge is -2.20. The highest BCUT2D eigenvalue weighted by Gasteiger charge is 2.15. The fraction of sp³-hybridized carbons (Fsp3) is 0.500. The van der Waals surface area contributed by atoms with Gasteiger partial charge in [-0.2, -0.15) is 5.10 Å². The van der Waals surface area contributed by atoms with Crippen LogP contribution in [-0.4, -0.2) is 16.1 Å². The molecule has 0 radical (unpaired) electrons. The lowest BCUT2D eigenvalue weighted by molar-refractivity contribution is -0.116. The molecule has 0 spiro atoms. The minimum atomic E-state index is 0.0767. The standard InChI is InChI=1S/C16H21N3O/c20-15(11-10-12-6-2-1-3-7-12)17-16-13-8-4-5-9-14(13)18-19-16/h4-5,8-9,12H,1-3,6-7,10-11H2,(H2,17,18,19,20). The smallest absolute Gasteiger partial charge is 0.225 e. The van der Waals surface area contributed by atoms with E-state index < -0.39 is 0 Å². The van der Waals surface area contributed by atoms with Crippen LogP contribution in [0, 0.1) is 5.92 Å². The van der Waals surface area contributed by atoms with Crippen molar-refractivity contribution < 1.29 is 4.79 Å². The quantitative estimate of drug-likeness (QED) is 0.887. The fourth-order valence-corrected chi connectivity index (χ4v) is 3.06. The number of aromatic amines is 1. The van der Waals surface area contributed by atoms with E-state index in [1.165, 1.54) is 32.1 Å². The van der Waals surface area contributed by atoms with Crippen molar-refractivity contribution in [2.45, 2.75) is 44.9 Å². The molecule has 0 aliphatic heterocycles. The first-order valence-corrected chi connectivity index (χ1v) is 7.56. The van der Waals surface area contributed by atoms with Gasteiger partial charge in [0.1, 0.15) is 0 Å². The largest absolute Gasteiger partial charge is 0.309 e. The minimum absolute atomic E-state index is 0.0767. The molecule has 1 aliphatic rings. The lowest BCUT2D eigenvalue weighted by atomic mass is 9.86. The van der Waals surface area contributed by atoms with Gasteiger partial charge in [-0.15, -0.1) is 0 Å². The van der Waals surface area contributed by atoms with Crippen molar-refractivity contribution >= 4 is 22.6 Å². The predicted octanol–water partition coefficient (Wildman–Crippen LogP) is 3.86. The number of anilines is 1. The second kappa shape index (κ2) is 6.07. The van der Waals surface area contributed by atoms with Crippen LogP contribution >= 0.6 is 0 Å². The molecule has 1 aromatic carbocycles. The SMILES string of the molecule is O=C(CCC1CCCCC1)Nc1n[nH]c2ccccc12. The van der Waals surface area contributed by atoms with E-state index in [9.17, 15) is 4.79 Å². The zero-order valence-corrected chi connectivity index (χ0v) is 11.7. The maximum atomic E-state index is 12.0. The third kappa shape index (κ3) is 3.00. The molecule has 3 rings (SSSR count). The van der Waals surface area contributed by atoms with Gasteiger partial charge in [-0.25, -0.2) is 0 Å². The summed E-state index contributed by atoms with van der Waals surface area (Å²) in [4.78, 5) is 12.0.